The van der Waals surface area contributed by atoms with Gasteiger partial charge in [0, 0.05) is 31.7 Å². The molecule has 0 radical (unpaired) electrons. The number of piperazine rings is 1. The van der Waals surface area contributed by atoms with Gasteiger partial charge in [-0.1, -0.05) is 17.7 Å². The van der Waals surface area contributed by atoms with E-state index in [1.165, 1.54) is 0 Å². The average molecular weight is 255 g/mol. The van der Waals surface area contributed by atoms with Crippen molar-refractivity contribution in [2.45, 2.75) is 32.5 Å². The summed E-state index contributed by atoms with van der Waals surface area (Å²) in [6.45, 7) is 7.38. The highest BCUT2D eigenvalue weighted by Gasteiger charge is 2.20. The van der Waals surface area contributed by atoms with Crippen LogP contribution in [0.1, 0.15) is 19.4 Å². The van der Waals surface area contributed by atoms with Crippen molar-refractivity contribution in [2.75, 3.05) is 13.1 Å². The molecule has 1 heterocycles. The highest BCUT2D eigenvalue weighted by molar-refractivity contribution is 6.32. The van der Waals surface area contributed by atoms with Crippen LogP contribution in [0.3, 0.4) is 0 Å². The summed E-state index contributed by atoms with van der Waals surface area (Å²) in [4.78, 5) is 2.41. The van der Waals surface area contributed by atoms with Gasteiger partial charge in [-0.15, -0.1) is 0 Å². The zero-order valence-corrected chi connectivity index (χ0v) is 11.0. The van der Waals surface area contributed by atoms with Crippen molar-refractivity contribution in [3.8, 4) is 5.75 Å². The minimum atomic E-state index is 0.150. The molecule has 1 aliphatic rings. The van der Waals surface area contributed by atoms with Crippen LogP contribution in [0.5, 0.6) is 5.75 Å². The van der Waals surface area contributed by atoms with Gasteiger partial charge in [-0.3, -0.25) is 4.90 Å². The van der Waals surface area contributed by atoms with Crippen molar-refractivity contribution in [1.29, 1.82) is 0 Å². The first-order valence-electron chi connectivity index (χ1n) is 6.00. The number of benzene rings is 1. The Bertz CT molecular complexity index is 387. The van der Waals surface area contributed by atoms with Gasteiger partial charge in [0.05, 0.1) is 5.02 Å². The zero-order valence-electron chi connectivity index (χ0n) is 10.3. The largest absolute Gasteiger partial charge is 0.506 e. The van der Waals surface area contributed by atoms with Crippen molar-refractivity contribution in [3.05, 3.63) is 28.8 Å². The average Bonchev–Trinajstić information content (AvgIpc) is 2.22. The van der Waals surface area contributed by atoms with Crippen LogP contribution in [0.4, 0.5) is 0 Å². The molecule has 2 rings (SSSR count). The summed E-state index contributed by atoms with van der Waals surface area (Å²) in [6.07, 6.45) is 0. The monoisotopic (exact) mass is 254 g/mol. The number of hydrogen-bond donors (Lipinski definition) is 2. The molecule has 1 aliphatic heterocycles. The van der Waals surface area contributed by atoms with E-state index in [1.807, 2.05) is 12.1 Å². The predicted octanol–water partition coefficient (Wildman–Crippen LogP) is 2.23. The Kier molecular flexibility index (Phi) is 3.92. The number of phenols is 1. The van der Waals surface area contributed by atoms with Gasteiger partial charge >= 0.3 is 0 Å². The molecule has 3 nitrogen and oxygen atoms in total. The second-order valence-electron chi connectivity index (χ2n) is 4.95. The SMILES string of the molecule is CC1CN(Cc2ccc(O)c(Cl)c2)CC(C)N1. The van der Waals surface area contributed by atoms with Gasteiger partial charge in [0.15, 0.2) is 0 Å². The van der Waals surface area contributed by atoms with Crippen molar-refractivity contribution >= 4 is 11.6 Å². The van der Waals surface area contributed by atoms with E-state index >= 15 is 0 Å². The number of halogens is 1. The van der Waals surface area contributed by atoms with Gasteiger partial charge < -0.3 is 10.4 Å². The number of phenolic OH excluding ortho intramolecular Hbond substituents is 1. The van der Waals surface area contributed by atoms with Gasteiger partial charge in [-0.05, 0) is 31.5 Å². The number of nitrogens with one attached hydrogen (secondary N) is 1. The maximum Gasteiger partial charge on any atom is 0.134 e. The smallest absolute Gasteiger partial charge is 0.134 e. The molecule has 0 amide bonds. The van der Waals surface area contributed by atoms with E-state index in [0.29, 0.717) is 17.1 Å². The molecular formula is C13H19ClN2O. The zero-order chi connectivity index (χ0) is 12.4. The quantitative estimate of drug-likeness (QED) is 0.850. The van der Waals surface area contributed by atoms with E-state index in [0.717, 1.165) is 25.2 Å². The van der Waals surface area contributed by atoms with Gasteiger partial charge in [0.25, 0.3) is 0 Å². The molecule has 2 unspecified atom stereocenters. The van der Waals surface area contributed by atoms with Crippen LogP contribution in [0.2, 0.25) is 5.02 Å². The summed E-state index contributed by atoms with van der Waals surface area (Å²) >= 11 is 5.91. The fourth-order valence-corrected chi connectivity index (χ4v) is 2.68. The second kappa shape index (κ2) is 5.25. The Hall–Kier alpha value is -0.770. The molecule has 94 valence electrons. The van der Waals surface area contributed by atoms with Gasteiger partial charge in [-0.2, -0.15) is 0 Å². The minimum absolute atomic E-state index is 0.150. The summed E-state index contributed by atoms with van der Waals surface area (Å²) in [5.41, 5.74) is 1.15. The van der Waals surface area contributed by atoms with Gasteiger partial charge in [0.2, 0.25) is 0 Å². The molecule has 0 saturated carbocycles. The first-order chi connectivity index (χ1) is 8.04. The first-order valence-corrected chi connectivity index (χ1v) is 6.38. The fraction of sp³-hybridized carbons (Fsp3) is 0.538. The van der Waals surface area contributed by atoms with E-state index in [9.17, 15) is 5.11 Å². The normalized spacial score (nSPS) is 26.1. The standard InChI is InChI=1S/C13H19ClN2O/c1-9-6-16(7-10(2)15-9)8-11-3-4-13(17)12(14)5-11/h3-5,9-10,15,17H,6-8H2,1-2H3. The summed E-state index contributed by atoms with van der Waals surface area (Å²) < 4.78 is 0. The van der Waals surface area contributed by atoms with Crippen molar-refractivity contribution < 1.29 is 5.11 Å². The van der Waals surface area contributed by atoms with Crippen LogP contribution >= 0.6 is 11.6 Å². The lowest BCUT2D eigenvalue weighted by molar-refractivity contribution is 0.166. The minimum Gasteiger partial charge on any atom is -0.506 e. The third kappa shape index (κ3) is 3.35. The van der Waals surface area contributed by atoms with Gasteiger partial charge in [-0.25, -0.2) is 0 Å². The Balaban J connectivity index is 2.02. The Labute approximate surface area is 107 Å². The van der Waals surface area contributed by atoms with Gasteiger partial charge in [0.1, 0.15) is 5.75 Å². The summed E-state index contributed by atoms with van der Waals surface area (Å²) in [7, 11) is 0. The number of rotatable bonds is 2. The highest BCUT2D eigenvalue weighted by Crippen LogP contribution is 2.24. The maximum absolute atomic E-state index is 9.38. The van der Waals surface area contributed by atoms with E-state index in [1.54, 1.807) is 6.07 Å². The first kappa shape index (κ1) is 12.7. The van der Waals surface area contributed by atoms with E-state index in [2.05, 4.69) is 24.1 Å². The fourth-order valence-electron chi connectivity index (χ4n) is 2.48. The molecule has 1 saturated heterocycles. The third-order valence-corrected chi connectivity index (χ3v) is 3.35. The van der Waals surface area contributed by atoms with E-state index in [4.69, 9.17) is 11.6 Å². The molecular weight excluding hydrogens is 236 g/mol. The lowest BCUT2D eigenvalue weighted by atomic mass is 10.1. The van der Waals surface area contributed by atoms with E-state index in [-0.39, 0.29) is 5.75 Å². The van der Waals surface area contributed by atoms with Crippen molar-refractivity contribution in [1.82, 2.24) is 10.2 Å². The van der Waals surface area contributed by atoms with Crippen LogP contribution < -0.4 is 5.32 Å². The predicted molar refractivity (Wildman–Crippen MR) is 70.5 cm³/mol. The summed E-state index contributed by atoms with van der Waals surface area (Å²) in [5.74, 6) is 0.150. The van der Waals surface area contributed by atoms with Crippen LogP contribution in [0.25, 0.3) is 0 Å². The third-order valence-electron chi connectivity index (χ3n) is 3.05. The summed E-state index contributed by atoms with van der Waals surface area (Å²) in [6, 6.07) is 6.47. The van der Waals surface area contributed by atoms with Crippen LogP contribution in [-0.4, -0.2) is 35.2 Å². The molecule has 17 heavy (non-hydrogen) atoms. The molecule has 0 aliphatic carbocycles. The highest BCUT2D eigenvalue weighted by atomic mass is 35.5. The number of nitrogens with zero attached hydrogens (tertiary/aromatic N) is 1. The Morgan fingerprint density at radius 2 is 2.00 bits per heavy atom. The lowest BCUT2D eigenvalue weighted by Gasteiger charge is -2.36. The molecule has 1 aromatic carbocycles. The molecule has 4 heteroatoms. The molecule has 1 fully saturated rings. The summed E-state index contributed by atoms with van der Waals surface area (Å²) in [5, 5.41) is 13.3. The van der Waals surface area contributed by atoms with Crippen LogP contribution in [-0.2, 0) is 6.54 Å². The lowest BCUT2D eigenvalue weighted by Crippen LogP contribution is -2.53. The molecule has 0 spiro atoms. The Morgan fingerprint density at radius 3 is 2.59 bits per heavy atom. The molecule has 1 aromatic rings. The topological polar surface area (TPSA) is 35.5 Å². The molecule has 2 N–H and O–H groups in total. The molecule has 2 atom stereocenters. The van der Waals surface area contributed by atoms with Crippen LogP contribution in [0.15, 0.2) is 18.2 Å². The van der Waals surface area contributed by atoms with Crippen molar-refractivity contribution in [2.24, 2.45) is 0 Å². The van der Waals surface area contributed by atoms with Crippen LogP contribution in [0, 0.1) is 0 Å². The Morgan fingerprint density at radius 1 is 1.35 bits per heavy atom. The maximum atomic E-state index is 9.38. The van der Waals surface area contributed by atoms with Crippen molar-refractivity contribution in [3.63, 3.8) is 0 Å². The number of hydrogen-bond acceptors (Lipinski definition) is 3. The molecule has 0 aromatic heterocycles. The number of aromatic hydroxyl groups is 1. The van der Waals surface area contributed by atoms with E-state index < -0.39 is 0 Å². The molecule has 0 bridgehead atoms. The second-order valence-corrected chi connectivity index (χ2v) is 5.36.